The van der Waals surface area contributed by atoms with Gasteiger partial charge in [0.15, 0.2) is 5.65 Å². The van der Waals surface area contributed by atoms with Crippen LogP contribution >= 0.6 is 34.4 Å². The van der Waals surface area contributed by atoms with Gasteiger partial charge >= 0.3 is 0 Å². The molecule has 2 N–H and O–H groups in total. The van der Waals surface area contributed by atoms with Gasteiger partial charge < -0.3 is 5.73 Å². The number of nitrogens with zero attached hydrogens (tertiary/aromatic N) is 4. The zero-order valence-corrected chi connectivity index (χ0v) is 11.6. The second-order valence-electron chi connectivity index (χ2n) is 3.13. The molecule has 0 aromatic carbocycles. The summed E-state index contributed by atoms with van der Waals surface area (Å²) in [5.74, 6) is 0.350. The van der Waals surface area contributed by atoms with Crippen molar-refractivity contribution in [1.29, 1.82) is 5.26 Å². The van der Waals surface area contributed by atoms with Crippen molar-refractivity contribution in [2.24, 2.45) is 0 Å². The highest BCUT2D eigenvalue weighted by atomic mass is 127. The van der Waals surface area contributed by atoms with Crippen LogP contribution in [0.4, 0.5) is 5.82 Å². The van der Waals surface area contributed by atoms with Crippen LogP contribution in [0.15, 0.2) is 5.03 Å². The highest BCUT2D eigenvalue weighted by molar-refractivity contribution is 14.1. The van der Waals surface area contributed by atoms with Crippen LogP contribution in [0.25, 0.3) is 5.65 Å². The molecule has 0 atom stereocenters. The van der Waals surface area contributed by atoms with Crippen LogP contribution < -0.4 is 5.73 Å². The van der Waals surface area contributed by atoms with Crippen molar-refractivity contribution in [2.75, 3.05) is 12.0 Å². The zero-order valence-electron chi connectivity index (χ0n) is 8.65. The summed E-state index contributed by atoms with van der Waals surface area (Å²) >= 11 is 3.59. The molecule has 82 valence electrons. The van der Waals surface area contributed by atoms with Crippen LogP contribution in [0.5, 0.6) is 0 Å². The van der Waals surface area contributed by atoms with E-state index in [0.29, 0.717) is 22.1 Å². The maximum Gasteiger partial charge on any atom is 0.172 e. The zero-order chi connectivity index (χ0) is 11.9. The molecule has 16 heavy (non-hydrogen) atoms. The molecule has 2 heterocycles. The van der Waals surface area contributed by atoms with Crippen molar-refractivity contribution >= 4 is 45.8 Å². The third-order valence-electron chi connectivity index (χ3n) is 2.18. The van der Waals surface area contributed by atoms with Gasteiger partial charge in [-0.2, -0.15) is 14.9 Å². The Bertz CT molecular complexity index is 613. The highest BCUT2D eigenvalue weighted by Gasteiger charge is 2.16. The van der Waals surface area contributed by atoms with Crippen LogP contribution in [0.2, 0.25) is 0 Å². The smallest absolute Gasteiger partial charge is 0.172 e. The molecule has 0 amide bonds. The van der Waals surface area contributed by atoms with E-state index in [9.17, 15) is 0 Å². The predicted octanol–water partition coefficient (Wildman–Crippen LogP) is 1.82. The van der Waals surface area contributed by atoms with E-state index in [1.165, 1.54) is 16.3 Å². The average molecular weight is 345 g/mol. The first-order valence-corrected chi connectivity index (χ1v) is 6.69. The number of halogens is 1. The maximum atomic E-state index is 9.04. The minimum absolute atomic E-state index is 0.350. The predicted molar refractivity (Wildman–Crippen MR) is 71.3 cm³/mol. The summed E-state index contributed by atoms with van der Waals surface area (Å²) in [5, 5.41) is 13.9. The molecule has 5 nitrogen and oxygen atoms in total. The lowest BCUT2D eigenvalue weighted by Crippen LogP contribution is -2.05. The van der Waals surface area contributed by atoms with Gasteiger partial charge in [0.25, 0.3) is 0 Å². The average Bonchev–Trinajstić information content (AvgIpc) is 2.56. The summed E-state index contributed by atoms with van der Waals surface area (Å²) in [6.07, 6.45) is 1.87. The first kappa shape index (κ1) is 11.5. The Hall–Kier alpha value is -1.01. The Morgan fingerprint density at radius 2 is 2.25 bits per heavy atom. The van der Waals surface area contributed by atoms with E-state index in [4.69, 9.17) is 11.0 Å². The number of hydrogen-bond donors (Lipinski definition) is 1. The van der Waals surface area contributed by atoms with E-state index in [2.05, 4.69) is 38.7 Å². The Kier molecular flexibility index (Phi) is 2.94. The van der Waals surface area contributed by atoms with Crippen molar-refractivity contribution in [2.45, 2.75) is 11.9 Å². The summed E-state index contributed by atoms with van der Waals surface area (Å²) in [4.78, 5) is 4.40. The molecule has 2 aromatic heterocycles. The first-order chi connectivity index (χ1) is 7.60. The summed E-state index contributed by atoms with van der Waals surface area (Å²) in [6, 6.07) is 2.06. The summed E-state index contributed by atoms with van der Waals surface area (Å²) < 4.78 is 2.49. The molecule has 0 bridgehead atoms. The van der Waals surface area contributed by atoms with Crippen LogP contribution in [-0.4, -0.2) is 20.9 Å². The third-order valence-corrected chi connectivity index (χ3v) is 4.12. The number of nitrogen functional groups attached to an aromatic ring is 1. The molecule has 0 aliphatic carbocycles. The molecule has 0 aliphatic heterocycles. The highest BCUT2D eigenvalue weighted by Crippen LogP contribution is 2.26. The van der Waals surface area contributed by atoms with E-state index in [1.807, 2.05) is 13.2 Å². The normalized spacial score (nSPS) is 10.6. The van der Waals surface area contributed by atoms with E-state index in [-0.39, 0.29) is 0 Å². The molecule has 7 heteroatoms. The van der Waals surface area contributed by atoms with Gasteiger partial charge in [-0.3, -0.25) is 0 Å². The lowest BCUT2D eigenvalue weighted by Gasteiger charge is -2.05. The molecular formula is C9H8IN5S. The quantitative estimate of drug-likeness (QED) is 0.485. The van der Waals surface area contributed by atoms with Gasteiger partial charge in [-0.15, -0.1) is 11.8 Å². The van der Waals surface area contributed by atoms with Gasteiger partial charge in [-0.1, -0.05) is 0 Å². The van der Waals surface area contributed by atoms with E-state index in [0.717, 1.165) is 9.26 Å². The molecule has 0 aliphatic rings. The van der Waals surface area contributed by atoms with Gasteiger partial charge in [-0.05, 0) is 35.8 Å². The Morgan fingerprint density at radius 3 is 2.81 bits per heavy atom. The largest absolute Gasteiger partial charge is 0.382 e. The molecule has 0 spiro atoms. The second kappa shape index (κ2) is 4.10. The Labute approximate surface area is 110 Å². The number of anilines is 1. The van der Waals surface area contributed by atoms with Gasteiger partial charge in [0.2, 0.25) is 0 Å². The number of hydrogen-bond acceptors (Lipinski definition) is 5. The minimum atomic E-state index is 0.350. The fraction of sp³-hybridized carbons (Fsp3) is 0.222. The van der Waals surface area contributed by atoms with E-state index >= 15 is 0 Å². The van der Waals surface area contributed by atoms with E-state index < -0.39 is 0 Å². The van der Waals surface area contributed by atoms with Gasteiger partial charge in [0, 0.05) is 0 Å². The number of fused-ring (bicyclic) bond motifs is 1. The Morgan fingerprint density at radius 1 is 1.56 bits per heavy atom. The van der Waals surface area contributed by atoms with Crippen LogP contribution in [0.1, 0.15) is 11.3 Å². The topological polar surface area (TPSA) is 80.0 Å². The van der Waals surface area contributed by atoms with Crippen molar-refractivity contribution in [3.63, 3.8) is 0 Å². The number of nitriles is 1. The van der Waals surface area contributed by atoms with Crippen LogP contribution in [0.3, 0.4) is 0 Å². The monoisotopic (exact) mass is 345 g/mol. The lowest BCUT2D eigenvalue weighted by atomic mass is 10.3. The molecule has 2 rings (SSSR count). The van der Waals surface area contributed by atoms with Crippen LogP contribution in [0, 0.1) is 21.8 Å². The molecule has 0 fully saturated rings. The van der Waals surface area contributed by atoms with Crippen LogP contribution in [-0.2, 0) is 0 Å². The number of nitrogens with two attached hydrogens (primary N) is 1. The van der Waals surface area contributed by atoms with Crippen molar-refractivity contribution in [3.05, 3.63) is 14.8 Å². The number of thioether (sulfide) groups is 1. The molecule has 0 unspecified atom stereocenters. The second-order valence-corrected chi connectivity index (χ2v) is 5.00. The standard InChI is InChI=1S/C9H8IN5S/c1-4-6(10)8-13-9(16-2)5(3-11)7(12)15(8)14-4/h12H2,1-2H3. The minimum Gasteiger partial charge on any atom is -0.382 e. The number of rotatable bonds is 1. The first-order valence-electron chi connectivity index (χ1n) is 4.38. The molecule has 0 saturated carbocycles. The van der Waals surface area contributed by atoms with Gasteiger partial charge in [0.1, 0.15) is 22.5 Å². The van der Waals surface area contributed by atoms with E-state index in [1.54, 1.807) is 0 Å². The summed E-state index contributed by atoms with van der Waals surface area (Å²) in [5.41, 5.74) is 7.87. The molecule has 0 saturated heterocycles. The van der Waals surface area contributed by atoms with Gasteiger partial charge in [0.05, 0.1) is 9.26 Å². The number of aryl methyl sites for hydroxylation is 1. The van der Waals surface area contributed by atoms with Crippen molar-refractivity contribution < 1.29 is 0 Å². The molecule has 0 radical (unpaired) electrons. The third kappa shape index (κ3) is 1.53. The molecular weight excluding hydrogens is 337 g/mol. The summed E-state index contributed by atoms with van der Waals surface area (Å²) in [7, 11) is 0. The molecule has 2 aromatic rings. The SMILES string of the molecule is CSc1nc2c(I)c(C)nn2c(N)c1C#N. The Balaban J connectivity index is 2.94. The summed E-state index contributed by atoms with van der Waals surface area (Å²) in [6.45, 7) is 1.89. The van der Waals surface area contributed by atoms with Crippen molar-refractivity contribution in [1.82, 2.24) is 14.6 Å². The van der Waals surface area contributed by atoms with Gasteiger partial charge in [-0.25, -0.2) is 4.98 Å². The number of aromatic nitrogens is 3. The van der Waals surface area contributed by atoms with Crippen molar-refractivity contribution in [3.8, 4) is 6.07 Å². The fourth-order valence-electron chi connectivity index (χ4n) is 1.38. The maximum absolute atomic E-state index is 9.04. The fourth-order valence-corrected chi connectivity index (χ4v) is 2.37. The lowest BCUT2D eigenvalue weighted by molar-refractivity contribution is 0.904.